The van der Waals surface area contributed by atoms with Crippen molar-refractivity contribution in [2.45, 2.75) is 13.8 Å². The van der Waals surface area contributed by atoms with Crippen molar-refractivity contribution >= 4 is 5.97 Å². The smallest absolute Gasteiger partial charge is 0.364 e. The zero-order valence-electron chi connectivity index (χ0n) is 14.0. The van der Waals surface area contributed by atoms with E-state index in [0.717, 1.165) is 11.1 Å². The number of esters is 1. The van der Waals surface area contributed by atoms with Gasteiger partial charge in [-0.05, 0) is 31.5 Å². The van der Waals surface area contributed by atoms with Crippen molar-refractivity contribution in [1.82, 2.24) is 15.2 Å². The van der Waals surface area contributed by atoms with Crippen LogP contribution >= 0.6 is 0 Å². The molecule has 0 bridgehead atoms. The average molecular weight is 335 g/mol. The van der Waals surface area contributed by atoms with Gasteiger partial charge in [0.2, 0.25) is 5.69 Å². The quantitative estimate of drug-likeness (QED) is 0.660. The molecule has 126 valence electrons. The molecular weight excluding hydrogens is 318 g/mol. The van der Waals surface area contributed by atoms with E-state index in [1.54, 1.807) is 13.0 Å². The normalized spacial score (nSPS) is 10.3. The van der Waals surface area contributed by atoms with Crippen molar-refractivity contribution < 1.29 is 14.3 Å². The summed E-state index contributed by atoms with van der Waals surface area (Å²) in [7, 11) is 0. The van der Waals surface area contributed by atoms with Crippen molar-refractivity contribution in [2.24, 2.45) is 0 Å². The number of aryl methyl sites for hydroxylation is 1. The third kappa shape index (κ3) is 3.98. The van der Waals surface area contributed by atoms with Crippen LogP contribution in [0, 0.1) is 6.92 Å². The third-order valence-corrected chi connectivity index (χ3v) is 3.36. The number of carbonyl (C=O) groups is 1. The van der Waals surface area contributed by atoms with Gasteiger partial charge in [-0.25, -0.2) is 4.79 Å². The predicted octanol–water partition coefficient (Wildman–Crippen LogP) is 3.82. The third-order valence-electron chi connectivity index (χ3n) is 3.36. The summed E-state index contributed by atoms with van der Waals surface area (Å²) in [6.07, 6.45) is 0. The SMILES string of the molecule is CCOC(=O)c1nnc(-c2ccccc2)nc1Oc1cccc(C)c1. The Morgan fingerprint density at radius 3 is 2.56 bits per heavy atom. The van der Waals surface area contributed by atoms with Crippen LogP contribution in [0.5, 0.6) is 11.6 Å². The Balaban J connectivity index is 2.02. The van der Waals surface area contributed by atoms with Gasteiger partial charge in [-0.15, -0.1) is 10.2 Å². The van der Waals surface area contributed by atoms with E-state index < -0.39 is 5.97 Å². The van der Waals surface area contributed by atoms with Gasteiger partial charge in [0, 0.05) is 5.56 Å². The molecule has 0 N–H and O–H groups in total. The molecule has 1 aromatic heterocycles. The molecule has 2 aromatic carbocycles. The summed E-state index contributed by atoms with van der Waals surface area (Å²) in [6, 6.07) is 16.8. The average Bonchev–Trinajstić information content (AvgIpc) is 2.62. The van der Waals surface area contributed by atoms with Crippen LogP contribution in [0.3, 0.4) is 0 Å². The highest BCUT2D eigenvalue weighted by molar-refractivity contribution is 5.89. The van der Waals surface area contributed by atoms with Gasteiger partial charge in [0.1, 0.15) is 5.75 Å². The Hall–Kier alpha value is -3.28. The van der Waals surface area contributed by atoms with Gasteiger partial charge >= 0.3 is 5.97 Å². The van der Waals surface area contributed by atoms with Crippen molar-refractivity contribution in [3.63, 3.8) is 0 Å². The second-order valence-electron chi connectivity index (χ2n) is 5.29. The van der Waals surface area contributed by atoms with Crippen LogP contribution in [0.4, 0.5) is 0 Å². The molecule has 0 spiro atoms. The maximum absolute atomic E-state index is 12.1. The van der Waals surface area contributed by atoms with Crippen molar-refractivity contribution in [2.75, 3.05) is 6.61 Å². The number of aromatic nitrogens is 3. The summed E-state index contributed by atoms with van der Waals surface area (Å²) < 4.78 is 10.8. The number of hydrogen-bond donors (Lipinski definition) is 0. The first-order valence-corrected chi connectivity index (χ1v) is 7.89. The Labute approximate surface area is 145 Å². The maximum Gasteiger partial charge on any atom is 0.364 e. The summed E-state index contributed by atoms with van der Waals surface area (Å²) in [4.78, 5) is 16.5. The highest BCUT2D eigenvalue weighted by atomic mass is 16.5. The van der Waals surface area contributed by atoms with Crippen molar-refractivity contribution in [1.29, 1.82) is 0 Å². The van der Waals surface area contributed by atoms with Gasteiger partial charge in [0.05, 0.1) is 6.61 Å². The van der Waals surface area contributed by atoms with E-state index in [-0.39, 0.29) is 18.2 Å². The van der Waals surface area contributed by atoms with Gasteiger partial charge in [-0.1, -0.05) is 42.5 Å². The van der Waals surface area contributed by atoms with E-state index >= 15 is 0 Å². The number of carbonyl (C=O) groups excluding carboxylic acids is 1. The van der Waals surface area contributed by atoms with Crippen LogP contribution < -0.4 is 4.74 Å². The second kappa shape index (κ2) is 7.53. The lowest BCUT2D eigenvalue weighted by Gasteiger charge is -2.10. The first kappa shape index (κ1) is 16.6. The molecule has 0 saturated heterocycles. The van der Waals surface area contributed by atoms with E-state index in [9.17, 15) is 4.79 Å². The Morgan fingerprint density at radius 2 is 1.84 bits per heavy atom. The van der Waals surface area contributed by atoms with Gasteiger partial charge in [0.25, 0.3) is 5.88 Å². The van der Waals surface area contributed by atoms with Crippen LogP contribution in [0.25, 0.3) is 11.4 Å². The molecule has 0 unspecified atom stereocenters. The second-order valence-corrected chi connectivity index (χ2v) is 5.29. The minimum atomic E-state index is -0.621. The molecule has 6 heteroatoms. The first-order chi connectivity index (χ1) is 12.2. The van der Waals surface area contributed by atoms with E-state index in [2.05, 4.69) is 15.2 Å². The number of ether oxygens (including phenoxy) is 2. The number of rotatable bonds is 5. The molecule has 0 radical (unpaired) electrons. The molecule has 0 aliphatic carbocycles. The number of hydrogen-bond acceptors (Lipinski definition) is 6. The highest BCUT2D eigenvalue weighted by Gasteiger charge is 2.21. The topological polar surface area (TPSA) is 74.2 Å². The molecule has 3 aromatic rings. The largest absolute Gasteiger partial charge is 0.461 e. The maximum atomic E-state index is 12.1. The van der Waals surface area contributed by atoms with Crippen LogP contribution in [0.15, 0.2) is 54.6 Å². The van der Waals surface area contributed by atoms with E-state index in [1.165, 1.54) is 0 Å². The van der Waals surface area contributed by atoms with Crippen LogP contribution in [0.1, 0.15) is 23.0 Å². The molecular formula is C19H17N3O3. The fraction of sp³-hybridized carbons (Fsp3) is 0.158. The standard InChI is InChI=1S/C19H17N3O3/c1-3-24-19(23)16-18(25-15-11-7-8-13(2)12-15)20-17(22-21-16)14-9-5-4-6-10-14/h4-12H,3H2,1-2H3. The lowest BCUT2D eigenvalue weighted by Crippen LogP contribution is -2.12. The highest BCUT2D eigenvalue weighted by Crippen LogP contribution is 2.25. The number of nitrogens with zero attached hydrogens (tertiary/aromatic N) is 3. The summed E-state index contributed by atoms with van der Waals surface area (Å²) >= 11 is 0. The molecule has 0 aliphatic rings. The zero-order chi connectivity index (χ0) is 17.6. The lowest BCUT2D eigenvalue weighted by atomic mass is 10.2. The summed E-state index contributed by atoms with van der Waals surface area (Å²) in [5.74, 6) is 0.379. The zero-order valence-corrected chi connectivity index (χ0v) is 14.0. The van der Waals surface area contributed by atoms with Crippen molar-refractivity contribution in [3.05, 3.63) is 65.9 Å². The summed E-state index contributed by atoms with van der Waals surface area (Å²) in [6.45, 7) is 3.90. The molecule has 0 atom stereocenters. The number of benzene rings is 2. The monoisotopic (exact) mass is 335 g/mol. The molecule has 1 heterocycles. The molecule has 0 aliphatic heterocycles. The molecule has 6 nitrogen and oxygen atoms in total. The van der Waals surface area contributed by atoms with Gasteiger partial charge in [0.15, 0.2) is 5.82 Å². The van der Waals surface area contributed by atoms with E-state index in [4.69, 9.17) is 9.47 Å². The van der Waals surface area contributed by atoms with Crippen LogP contribution in [0.2, 0.25) is 0 Å². The Morgan fingerprint density at radius 1 is 1.04 bits per heavy atom. The van der Waals surface area contributed by atoms with Crippen LogP contribution in [-0.4, -0.2) is 27.8 Å². The first-order valence-electron chi connectivity index (χ1n) is 7.89. The van der Waals surface area contributed by atoms with E-state index in [0.29, 0.717) is 11.6 Å². The summed E-state index contributed by atoms with van der Waals surface area (Å²) in [5, 5.41) is 8.01. The van der Waals surface area contributed by atoms with Crippen molar-refractivity contribution in [3.8, 4) is 23.0 Å². The minimum absolute atomic E-state index is 0.0527. The fourth-order valence-electron chi connectivity index (χ4n) is 2.21. The minimum Gasteiger partial charge on any atom is -0.461 e. The molecule has 0 fully saturated rings. The molecule has 0 amide bonds. The Bertz CT molecular complexity index is 882. The predicted molar refractivity (Wildman–Crippen MR) is 92.5 cm³/mol. The van der Waals surface area contributed by atoms with Gasteiger partial charge in [-0.3, -0.25) is 0 Å². The molecule has 25 heavy (non-hydrogen) atoms. The van der Waals surface area contributed by atoms with Gasteiger partial charge < -0.3 is 9.47 Å². The van der Waals surface area contributed by atoms with Crippen LogP contribution in [-0.2, 0) is 4.74 Å². The molecule has 3 rings (SSSR count). The lowest BCUT2D eigenvalue weighted by molar-refractivity contribution is 0.0514. The van der Waals surface area contributed by atoms with Gasteiger partial charge in [-0.2, -0.15) is 4.98 Å². The van der Waals surface area contributed by atoms with E-state index in [1.807, 2.05) is 55.5 Å². The Kier molecular flexibility index (Phi) is 4.99. The summed E-state index contributed by atoms with van der Waals surface area (Å²) in [5.41, 5.74) is 1.75. The molecule has 0 saturated carbocycles. The fourth-order valence-corrected chi connectivity index (χ4v) is 2.21.